The summed E-state index contributed by atoms with van der Waals surface area (Å²) in [5.41, 5.74) is 2.65. The summed E-state index contributed by atoms with van der Waals surface area (Å²) in [6.07, 6.45) is 1.59. The summed E-state index contributed by atoms with van der Waals surface area (Å²) in [5.74, 6) is 6.30. The van der Waals surface area contributed by atoms with E-state index < -0.39 is 16.1 Å². The highest BCUT2D eigenvalue weighted by Crippen LogP contribution is 2.27. The van der Waals surface area contributed by atoms with Crippen molar-refractivity contribution in [3.8, 4) is 11.8 Å². The number of nitrogens with zero attached hydrogens (tertiary/aromatic N) is 1. The number of rotatable bonds is 6. The Morgan fingerprint density at radius 2 is 1.52 bits per heavy atom. The van der Waals surface area contributed by atoms with Crippen molar-refractivity contribution in [1.82, 2.24) is 4.31 Å². The van der Waals surface area contributed by atoms with Crippen LogP contribution in [-0.2, 0) is 10.0 Å². The predicted octanol–water partition coefficient (Wildman–Crippen LogP) is 4.96. The summed E-state index contributed by atoms with van der Waals surface area (Å²) >= 11 is 0. The Balaban J connectivity index is 2.11. The molecule has 4 heteroatoms. The van der Waals surface area contributed by atoms with Crippen molar-refractivity contribution in [2.45, 2.75) is 17.9 Å². The molecule has 1 atom stereocenters. The molecule has 0 aliphatic rings. The van der Waals surface area contributed by atoms with Crippen molar-refractivity contribution in [3.63, 3.8) is 0 Å². The Morgan fingerprint density at radius 3 is 2.10 bits per heavy atom. The van der Waals surface area contributed by atoms with Crippen LogP contribution in [-0.4, -0.2) is 19.3 Å². The van der Waals surface area contributed by atoms with Crippen LogP contribution in [0.4, 0.5) is 0 Å². The minimum Gasteiger partial charge on any atom is -0.207 e. The molecule has 0 saturated carbocycles. The average Bonchev–Trinajstić information content (AvgIpc) is 2.75. The molecule has 0 spiro atoms. The van der Waals surface area contributed by atoms with E-state index >= 15 is 0 Å². The lowest BCUT2D eigenvalue weighted by molar-refractivity contribution is 0.406. The van der Waals surface area contributed by atoms with E-state index in [2.05, 4.69) is 18.4 Å². The predicted molar refractivity (Wildman–Crippen MR) is 118 cm³/mol. The summed E-state index contributed by atoms with van der Waals surface area (Å²) in [4.78, 5) is 0.243. The van der Waals surface area contributed by atoms with Crippen molar-refractivity contribution in [2.24, 2.45) is 0 Å². The molecule has 0 amide bonds. The van der Waals surface area contributed by atoms with E-state index in [9.17, 15) is 8.42 Å². The lowest BCUT2D eigenvalue weighted by Gasteiger charge is -2.27. The van der Waals surface area contributed by atoms with Gasteiger partial charge in [0.2, 0.25) is 10.0 Å². The van der Waals surface area contributed by atoms with Gasteiger partial charge in [0.05, 0.1) is 4.90 Å². The minimum atomic E-state index is -3.77. The first-order chi connectivity index (χ1) is 14.0. The summed E-state index contributed by atoms with van der Waals surface area (Å²) in [5, 5.41) is 0. The fraction of sp³-hybridized carbons (Fsp3) is 0.120. The molecule has 0 bridgehead atoms. The molecule has 3 rings (SSSR count). The standard InChI is InChI=1S/C25H23NO2S/c1-3-20-26(29(27,28)24-17-14-21(2)15-18-24)25(23-12-8-5-9-13-23)19-16-22-10-6-4-7-11-22/h3-15,17-18,25H,1,20H2,2H3. The van der Waals surface area contributed by atoms with Gasteiger partial charge in [0.15, 0.2) is 0 Å². The van der Waals surface area contributed by atoms with Gasteiger partial charge < -0.3 is 0 Å². The molecule has 0 N–H and O–H groups in total. The fourth-order valence-electron chi connectivity index (χ4n) is 2.95. The molecule has 3 nitrogen and oxygen atoms in total. The molecule has 3 aromatic carbocycles. The molecule has 0 radical (unpaired) electrons. The molecule has 0 aliphatic heterocycles. The van der Waals surface area contributed by atoms with Crippen molar-refractivity contribution in [2.75, 3.05) is 6.54 Å². The molecular formula is C25H23NO2S. The molecule has 29 heavy (non-hydrogen) atoms. The third kappa shape index (κ3) is 5.03. The van der Waals surface area contributed by atoms with Crippen LogP contribution in [0.3, 0.4) is 0 Å². The van der Waals surface area contributed by atoms with Crippen LogP contribution in [0.25, 0.3) is 0 Å². The number of hydrogen-bond donors (Lipinski definition) is 0. The zero-order chi connectivity index (χ0) is 20.7. The molecule has 146 valence electrons. The van der Waals surface area contributed by atoms with Gasteiger partial charge in [-0.1, -0.05) is 84.1 Å². The second-order valence-corrected chi connectivity index (χ2v) is 8.52. The van der Waals surface area contributed by atoms with Crippen molar-refractivity contribution in [3.05, 3.63) is 114 Å². The van der Waals surface area contributed by atoms with Gasteiger partial charge in [0, 0.05) is 12.1 Å². The first kappa shape index (κ1) is 20.6. The van der Waals surface area contributed by atoms with Gasteiger partial charge in [-0.3, -0.25) is 0 Å². The van der Waals surface area contributed by atoms with Crippen LogP contribution >= 0.6 is 0 Å². The van der Waals surface area contributed by atoms with Crippen LogP contribution < -0.4 is 0 Å². The Kier molecular flexibility index (Phi) is 6.66. The van der Waals surface area contributed by atoms with Gasteiger partial charge in [-0.2, -0.15) is 4.31 Å². The van der Waals surface area contributed by atoms with E-state index in [1.54, 1.807) is 30.3 Å². The highest BCUT2D eigenvalue weighted by Gasteiger charge is 2.30. The average molecular weight is 402 g/mol. The van der Waals surface area contributed by atoms with Gasteiger partial charge in [-0.05, 0) is 36.8 Å². The lowest BCUT2D eigenvalue weighted by Crippen LogP contribution is -2.34. The maximum Gasteiger partial charge on any atom is 0.244 e. The first-order valence-corrected chi connectivity index (χ1v) is 10.8. The second-order valence-electron chi connectivity index (χ2n) is 6.63. The normalized spacial score (nSPS) is 12.1. The summed E-state index contributed by atoms with van der Waals surface area (Å²) in [6, 6.07) is 25.2. The molecule has 0 fully saturated rings. The van der Waals surface area contributed by atoms with Gasteiger partial charge in [0.25, 0.3) is 0 Å². The van der Waals surface area contributed by atoms with Crippen LogP contribution in [0, 0.1) is 18.8 Å². The van der Waals surface area contributed by atoms with E-state index in [0.29, 0.717) is 0 Å². The largest absolute Gasteiger partial charge is 0.244 e. The Labute approximate surface area is 173 Å². The maximum atomic E-state index is 13.5. The zero-order valence-electron chi connectivity index (χ0n) is 16.3. The molecule has 0 aromatic heterocycles. The van der Waals surface area contributed by atoms with E-state index in [1.165, 1.54) is 4.31 Å². The highest BCUT2D eigenvalue weighted by atomic mass is 32.2. The SMILES string of the molecule is C=CCN(C(C#Cc1ccccc1)c1ccccc1)S(=O)(=O)c1ccc(C)cc1. The van der Waals surface area contributed by atoms with E-state index in [0.717, 1.165) is 16.7 Å². The number of aryl methyl sites for hydroxylation is 1. The van der Waals surface area contributed by atoms with Crippen molar-refractivity contribution < 1.29 is 8.42 Å². The zero-order valence-corrected chi connectivity index (χ0v) is 17.1. The van der Waals surface area contributed by atoms with Crippen LogP contribution in [0.5, 0.6) is 0 Å². The van der Waals surface area contributed by atoms with E-state index in [1.807, 2.05) is 67.6 Å². The Hall–Kier alpha value is -3.13. The molecular weight excluding hydrogens is 378 g/mol. The van der Waals surface area contributed by atoms with Crippen LogP contribution in [0.15, 0.2) is 102 Å². The summed E-state index contributed by atoms with van der Waals surface area (Å²) in [7, 11) is -3.77. The third-order valence-corrected chi connectivity index (χ3v) is 6.31. The first-order valence-electron chi connectivity index (χ1n) is 9.33. The molecule has 3 aromatic rings. The monoisotopic (exact) mass is 401 g/mol. The number of hydrogen-bond acceptors (Lipinski definition) is 2. The molecule has 1 unspecified atom stereocenters. The smallest absolute Gasteiger partial charge is 0.207 e. The van der Waals surface area contributed by atoms with Crippen LogP contribution in [0.2, 0.25) is 0 Å². The van der Waals surface area contributed by atoms with Crippen LogP contribution in [0.1, 0.15) is 22.7 Å². The highest BCUT2D eigenvalue weighted by molar-refractivity contribution is 7.89. The maximum absolute atomic E-state index is 13.5. The lowest BCUT2D eigenvalue weighted by atomic mass is 10.1. The second kappa shape index (κ2) is 9.38. The van der Waals surface area contributed by atoms with Gasteiger partial charge in [0.1, 0.15) is 6.04 Å². The van der Waals surface area contributed by atoms with Crippen molar-refractivity contribution >= 4 is 10.0 Å². The van der Waals surface area contributed by atoms with E-state index in [4.69, 9.17) is 0 Å². The Bertz CT molecular complexity index is 1110. The van der Waals surface area contributed by atoms with E-state index in [-0.39, 0.29) is 11.4 Å². The quantitative estimate of drug-likeness (QED) is 0.432. The third-order valence-electron chi connectivity index (χ3n) is 4.47. The minimum absolute atomic E-state index is 0.152. The number of benzene rings is 3. The van der Waals surface area contributed by atoms with Crippen molar-refractivity contribution in [1.29, 1.82) is 0 Å². The van der Waals surface area contributed by atoms with Gasteiger partial charge in [-0.15, -0.1) is 6.58 Å². The van der Waals surface area contributed by atoms with Gasteiger partial charge in [-0.25, -0.2) is 8.42 Å². The summed E-state index contributed by atoms with van der Waals surface area (Å²) < 4.78 is 28.3. The fourth-order valence-corrected chi connectivity index (χ4v) is 4.45. The van der Waals surface area contributed by atoms with Gasteiger partial charge >= 0.3 is 0 Å². The molecule has 0 heterocycles. The molecule has 0 saturated heterocycles. The summed E-state index contributed by atoms with van der Waals surface area (Å²) in [6.45, 7) is 5.84. The topological polar surface area (TPSA) is 37.4 Å². The Morgan fingerprint density at radius 1 is 0.931 bits per heavy atom. The number of sulfonamides is 1. The molecule has 0 aliphatic carbocycles.